The quantitative estimate of drug-likeness (QED) is 0.744. The monoisotopic (exact) mass is 421 g/mol. The number of hydrogen-bond donors (Lipinski definition) is 0. The molecule has 1 aliphatic rings. The number of halogens is 1. The Labute approximate surface area is 171 Å². The highest BCUT2D eigenvalue weighted by atomic mass is 35.5. The first-order valence-corrected chi connectivity index (χ1v) is 11.3. The number of amides is 1. The molecular formula is C20H24ClN3O3S. The normalized spacial score (nSPS) is 14.8. The molecule has 0 radical (unpaired) electrons. The molecule has 8 heteroatoms. The molecule has 0 bridgehead atoms. The molecule has 1 heterocycles. The number of piperazine rings is 1. The molecule has 150 valence electrons. The van der Waals surface area contributed by atoms with Crippen molar-refractivity contribution < 1.29 is 13.2 Å². The van der Waals surface area contributed by atoms with E-state index in [9.17, 15) is 13.2 Å². The van der Waals surface area contributed by atoms with Crippen LogP contribution in [0.25, 0.3) is 0 Å². The first kappa shape index (κ1) is 20.5. The Hall–Kier alpha value is -2.25. The zero-order valence-corrected chi connectivity index (χ0v) is 17.6. The van der Waals surface area contributed by atoms with Gasteiger partial charge in [-0.3, -0.25) is 9.10 Å². The fourth-order valence-corrected chi connectivity index (χ4v) is 4.23. The number of para-hydroxylation sites is 1. The molecule has 2 aromatic carbocycles. The van der Waals surface area contributed by atoms with Crippen LogP contribution in [0.4, 0.5) is 11.4 Å². The Morgan fingerprint density at radius 3 is 2.29 bits per heavy atom. The van der Waals surface area contributed by atoms with Crippen LogP contribution in [0.5, 0.6) is 0 Å². The first-order chi connectivity index (χ1) is 13.3. The van der Waals surface area contributed by atoms with Crippen molar-refractivity contribution in [2.75, 3.05) is 48.2 Å². The van der Waals surface area contributed by atoms with Crippen LogP contribution in [0, 0.1) is 6.92 Å². The Balaban J connectivity index is 1.68. The lowest BCUT2D eigenvalue weighted by Gasteiger charge is -2.37. The lowest BCUT2D eigenvalue weighted by Crippen LogP contribution is -2.52. The first-order valence-electron chi connectivity index (χ1n) is 9.07. The minimum Gasteiger partial charge on any atom is -0.368 e. The van der Waals surface area contributed by atoms with E-state index in [1.807, 2.05) is 37.3 Å². The average Bonchev–Trinajstić information content (AvgIpc) is 2.68. The van der Waals surface area contributed by atoms with Crippen molar-refractivity contribution in [3.63, 3.8) is 0 Å². The number of aryl methyl sites for hydroxylation is 1. The molecule has 1 aliphatic heterocycles. The van der Waals surface area contributed by atoms with Crippen molar-refractivity contribution in [1.29, 1.82) is 0 Å². The minimum absolute atomic E-state index is 0.213. The SMILES string of the molecule is Cc1ccc(N(CC(=O)N2CCN(c3ccccc3)CC2)S(C)(=O)=O)cc1Cl. The standard InChI is InChI=1S/C20H24ClN3O3S/c1-16-8-9-18(14-19(16)21)24(28(2,26)27)15-20(25)23-12-10-22(11-13-23)17-6-4-3-5-7-17/h3-9,14H,10-13,15H2,1-2H3. The van der Waals surface area contributed by atoms with Gasteiger partial charge in [-0.05, 0) is 36.8 Å². The van der Waals surface area contributed by atoms with E-state index in [1.165, 1.54) is 0 Å². The number of anilines is 2. The van der Waals surface area contributed by atoms with Crippen LogP contribution in [0.3, 0.4) is 0 Å². The van der Waals surface area contributed by atoms with Crippen LogP contribution < -0.4 is 9.21 Å². The summed E-state index contributed by atoms with van der Waals surface area (Å²) >= 11 is 6.15. The van der Waals surface area contributed by atoms with Crippen LogP contribution in [0.2, 0.25) is 5.02 Å². The zero-order valence-electron chi connectivity index (χ0n) is 16.0. The summed E-state index contributed by atoms with van der Waals surface area (Å²) in [7, 11) is -3.62. The highest BCUT2D eigenvalue weighted by molar-refractivity contribution is 7.92. The summed E-state index contributed by atoms with van der Waals surface area (Å²) in [6.45, 7) is 4.15. The smallest absolute Gasteiger partial charge is 0.243 e. The fraction of sp³-hybridized carbons (Fsp3) is 0.350. The van der Waals surface area contributed by atoms with Gasteiger partial charge in [-0.25, -0.2) is 8.42 Å². The lowest BCUT2D eigenvalue weighted by atomic mass is 10.2. The van der Waals surface area contributed by atoms with Gasteiger partial charge in [0, 0.05) is 36.9 Å². The van der Waals surface area contributed by atoms with Gasteiger partial charge in [-0.2, -0.15) is 0 Å². The summed E-state index contributed by atoms with van der Waals surface area (Å²) in [6, 6.07) is 15.0. The van der Waals surface area contributed by atoms with Crippen LogP contribution in [-0.4, -0.2) is 58.2 Å². The van der Waals surface area contributed by atoms with E-state index in [0.29, 0.717) is 36.9 Å². The van der Waals surface area contributed by atoms with Crippen molar-refractivity contribution >= 4 is 38.9 Å². The van der Waals surface area contributed by atoms with E-state index >= 15 is 0 Å². The van der Waals surface area contributed by atoms with Gasteiger partial charge in [0.05, 0.1) is 11.9 Å². The van der Waals surface area contributed by atoms with Crippen molar-refractivity contribution in [3.8, 4) is 0 Å². The Morgan fingerprint density at radius 2 is 1.71 bits per heavy atom. The molecule has 0 spiro atoms. The number of sulfonamides is 1. The second-order valence-electron chi connectivity index (χ2n) is 6.91. The number of carbonyl (C=O) groups is 1. The second-order valence-corrected chi connectivity index (χ2v) is 9.22. The molecule has 0 unspecified atom stereocenters. The van der Waals surface area contributed by atoms with Crippen molar-refractivity contribution in [2.45, 2.75) is 6.92 Å². The molecule has 0 atom stereocenters. The molecule has 0 saturated carbocycles. The van der Waals surface area contributed by atoms with Crippen LogP contribution >= 0.6 is 11.6 Å². The van der Waals surface area contributed by atoms with Gasteiger partial charge >= 0.3 is 0 Å². The summed E-state index contributed by atoms with van der Waals surface area (Å²) in [5, 5.41) is 0.468. The number of carbonyl (C=O) groups excluding carboxylic acids is 1. The molecule has 3 rings (SSSR count). The lowest BCUT2D eigenvalue weighted by molar-refractivity contribution is -0.129. The van der Waals surface area contributed by atoms with Crippen LogP contribution in [0.15, 0.2) is 48.5 Å². The summed E-state index contributed by atoms with van der Waals surface area (Å²) in [5.74, 6) is -0.213. The van der Waals surface area contributed by atoms with Gasteiger partial charge in [-0.15, -0.1) is 0 Å². The summed E-state index contributed by atoms with van der Waals surface area (Å²) in [5.41, 5.74) is 2.37. The van der Waals surface area contributed by atoms with Gasteiger partial charge < -0.3 is 9.80 Å². The molecule has 6 nitrogen and oxygen atoms in total. The Morgan fingerprint density at radius 1 is 1.07 bits per heavy atom. The van der Waals surface area contributed by atoms with Gasteiger partial charge in [-0.1, -0.05) is 35.9 Å². The Kier molecular flexibility index (Phi) is 6.15. The Bertz CT molecular complexity index is 942. The zero-order chi connectivity index (χ0) is 20.3. The van der Waals surface area contributed by atoms with E-state index < -0.39 is 10.0 Å². The predicted molar refractivity (Wildman–Crippen MR) is 114 cm³/mol. The number of rotatable bonds is 5. The third kappa shape index (κ3) is 4.77. The molecule has 28 heavy (non-hydrogen) atoms. The van der Waals surface area contributed by atoms with E-state index in [1.54, 1.807) is 23.1 Å². The van der Waals surface area contributed by atoms with Gasteiger partial charge in [0.25, 0.3) is 0 Å². The van der Waals surface area contributed by atoms with Crippen molar-refractivity contribution in [2.24, 2.45) is 0 Å². The third-order valence-electron chi connectivity index (χ3n) is 4.88. The second kappa shape index (κ2) is 8.41. The molecule has 1 fully saturated rings. The van der Waals surface area contributed by atoms with Gasteiger partial charge in [0.2, 0.25) is 15.9 Å². The van der Waals surface area contributed by atoms with E-state index in [4.69, 9.17) is 11.6 Å². The van der Waals surface area contributed by atoms with Crippen LogP contribution in [-0.2, 0) is 14.8 Å². The van der Waals surface area contributed by atoms with E-state index in [-0.39, 0.29) is 12.5 Å². The van der Waals surface area contributed by atoms with Crippen LogP contribution in [0.1, 0.15) is 5.56 Å². The van der Waals surface area contributed by atoms with Gasteiger partial charge in [0.15, 0.2) is 0 Å². The number of nitrogens with zero attached hydrogens (tertiary/aromatic N) is 3. The maximum absolute atomic E-state index is 12.8. The highest BCUT2D eigenvalue weighted by Gasteiger charge is 2.27. The molecule has 0 aromatic heterocycles. The maximum atomic E-state index is 12.8. The van der Waals surface area contributed by atoms with Crippen molar-refractivity contribution in [1.82, 2.24) is 4.90 Å². The summed E-state index contributed by atoms with van der Waals surface area (Å²) in [4.78, 5) is 16.7. The highest BCUT2D eigenvalue weighted by Crippen LogP contribution is 2.25. The molecule has 1 amide bonds. The third-order valence-corrected chi connectivity index (χ3v) is 6.42. The fourth-order valence-electron chi connectivity index (χ4n) is 3.21. The molecule has 2 aromatic rings. The topological polar surface area (TPSA) is 60.9 Å². The predicted octanol–water partition coefficient (Wildman–Crippen LogP) is 2.76. The number of benzene rings is 2. The number of hydrogen-bond acceptors (Lipinski definition) is 4. The summed E-state index contributed by atoms with van der Waals surface area (Å²) < 4.78 is 25.7. The van der Waals surface area contributed by atoms with E-state index in [0.717, 1.165) is 21.8 Å². The van der Waals surface area contributed by atoms with E-state index in [2.05, 4.69) is 4.90 Å². The molecule has 0 aliphatic carbocycles. The maximum Gasteiger partial charge on any atom is 0.243 e. The molecule has 0 N–H and O–H groups in total. The van der Waals surface area contributed by atoms with Gasteiger partial charge in [0.1, 0.15) is 6.54 Å². The average molecular weight is 422 g/mol. The minimum atomic E-state index is -3.62. The molecule has 1 saturated heterocycles. The summed E-state index contributed by atoms with van der Waals surface area (Å²) in [6.07, 6.45) is 1.10. The van der Waals surface area contributed by atoms with Crippen molar-refractivity contribution in [3.05, 3.63) is 59.1 Å². The largest absolute Gasteiger partial charge is 0.368 e. The molecular weight excluding hydrogens is 398 g/mol.